The first-order valence-corrected chi connectivity index (χ1v) is 8.55. The molecule has 23 heavy (non-hydrogen) atoms. The molecule has 5 rings (SSSR count). The molecule has 4 heterocycles. The average molecular weight is 337 g/mol. The quantitative estimate of drug-likeness (QED) is 0.832. The molecule has 5 nitrogen and oxygen atoms in total. The lowest BCUT2D eigenvalue weighted by Gasteiger charge is -2.36. The van der Waals surface area contributed by atoms with Crippen molar-refractivity contribution in [2.24, 2.45) is 5.92 Å². The second-order valence-electron chi connectivity index (χ2n) is 6.75. The van der Waals surface area contributed by atoms with Crippen molar-refractivity contribution in [3.63, 3.8) is 0 Å². The molecule has 0 spiro atoms. The summed E-state index contributed by atoms with van der Waals surface area (Å²) in [6, 6.07) is 4.25. The predicted octanol–water partition coefficient (Wildman–Crippen LogP) is 2.51. The summed E-state index contributed by atoms with van der Waals surface area (Å²) in [5.41, 5.74) is 1.07. The minimum Gasteiger partial charge on any atom is -0.454 e. The van der Waals surface area contributed by atoms with Crippen molar-refractivity contribution in [2.75, 3.05) is 26.4 Å². The first-order valence-electron chi connectivity index (χ1n) is 8.17. The van der Waals surface area contributed by atoms with Gasteiger partial charge in [-0.3, -0.25) is 9.69 Å². The summed E-state index contributed by atoms with van der Waals surface area (Å²) in [6.45, 7) is 5.47. The van der Waals surface area contributed by atoms with E-state index in [1.165, 1.54) is 6.42 Å². The van der Waals surface area contributed by atoms with E-state index in [2.05, 4.69) is 4.90 Å². The number of ether oxygens (including phenoxy) is 2. The molecule has 4 aliphatic rings. The van der Waals surface area contributed by atoms with Gasteiger partial charge >= 0.3 is 0 Å². The number of amides is 1. The highest BCUT2D eigenvalue weighted by atomic mass is 35.5. The standard InChI is InChI=1S/C17H21ClN2O3/c1-11(21)19-6-12-2-3-14(9-19)20(7-12)8-13-4-16-17(5-15(13)18)23-10-22-16/h4-5,12,14H,2-3,6-10H2,1H3/t12-,14+/m1/s1. The minimum absolute atomic E-state index is 0.185. The molecule has 0 N–H and O–H groups in total. The fourth-order valence-electron chi connectivity index (χ4n) is 3.93. The maximum absolute atomic E-state index is 11.8. The van der Waals surface area contributed by atoms with Crippen molar-refractivity contribution < 1.29 is 14.3 Å². The van der Waals surface area contributed by atoms with E-state index in [9.17, 15) is 4.79 Å². The highest BCUT2D eigenvalue weighted by Crippen LogP contribution is 2.38. The van der Waals surface area contributed by atoms with Gasteiger partial charge in [0.2, 0.25) is 12.7 Å². The zero-order valence-electron chi connectivity index (χ0n) is 13.3. The van der Waals surface area contributed by atoms with Crippen LogP contribution in [0.2, 0.25) is 5.02 Å². The van der Waals surface area contributed by atoms with Crippen molar-refractivity contribution >= 4 is 17.5 Å². The van der Waals surface area contributed by atoms with E-state index in [1.54, 1.807) is 6.92 Å². The average Bonchev–Trinajstić information content (AvgIpc) is 2.77. The van der Waals surface area contributed by atoms with Crippen LogP contribution in [-0.2, 0) is 11.3 Å². The van der Waals surface area contributed by atoms with Crippen LogP contribution in [0.25, 0.3) is 0 Å². The van der Waals surface area contributed by atoms with E-state index in [0.29, 0.717) is 12.0 Å². The fourth-order valence-corrected chi connectivity index (χ4v) is 4.14. The van der Waals surface area contributed by atoms with Crippen LogP contribution in [0.4, 0.5) is 0 Å². The van der Waals surface area contributed by atoms with E-state index in [-0.39, 0.29) is 12.7 Å². The lowest BCUT2D eigenvalue weighted by Crippen LogP contribution is -2.43. The molecule has 6 heteroatoms. The van der Waals surface area contributed by atoms with Crippen LogP contribution in [0.3, 0.4) is 0 Å². The maximum atomic E-state index is 11.8. The van der Waals surface area contributed by atoms with Crippen LogP contribution in [0.1, 0.15) is 25.3 Å². The van der Waals surface area contributed by atoms with Crippen molar-refractivity contribution in [3.8, 4) is 11.5 Å². The van der Waals surface area contributed by atoms with Gasteiger partial charge in [-0.2, -0.15) is 0 Å². The third-order valence-corrected chi connectivity index (χ3v) is 5.54. The number of benzene rings is 1. The van der Waals surface area contributed by atoms with Gasteiger partial charge in [-0.05, 0) is 30.4 Å². The highest BCUT2D eigenvalue weighted by Gasteiger charge is 2.35. The van der Waals surface area contributed by atoms with Crippen LogP contribution in [-0.4, -0.2) is 48.2 Å². The molecule has 3 saturated heterocycles. The molecule has 0 unspecified atom stereocenters. The maximum Gasteiger partial charge on any atom is 0.231 e. The Kier molecular flexibility index (Phi) is 3.85. The van der Waals surface area contributed by atoms with E-state index in [0.717, 1.165) is 54.7 Å². The summed E-state index contributed by atoms with van der Waals surface area (Å²) in [7, 11) is 0. The number of hydrogen-bond donors (Lipinski definition) is 0. The summed E-state index contributed by atoms with van der Waals surface area (Å²) in [5.74, 6) is 2.24. The smallest absolute Gasteiger partial charge is 0.231 e. The Balaban J connectivity index is 1.54. The Morgan fingerprint density at radius 2 is 2.00 bits per heavy atom. The second-order valence-corrected chi connectivity index (χ2v) is 7.15. The molecule has 0 aliphatic carbocycles. The number of carbonyl (C=O) groups is 1. The number of halogens is 1. The van der Waals surface area contributed by atoms with Crippen LogP contribution in [0.5, 0.6) is 11.5 Å². The van der Waals surface area contributed by atoms with Crippen LogP contribution < -0.4 is 9.47 Å². The molecule has 3 fully saturated rings. The van der Waals surface area contributed by atoms with Gasteiger partial charge in [0.15, 0.2) is 11.5 Å². The fraction of sp³-hybridized carbons (Fsp3) is 0.588. The topological polar surface area (TPSA) is 42.0 Å². The first kappa shape index (κ1) is 15.1. The molecule has 0 saturated carbocycles. The Bertz CT molecular complexity index is 637. The third-order valence-electron chi connectivity index (χ3n) is 5.19. The van der Waals surface area contributed by atoms with Gasteiger partial charge in [0, 0.05) is 50.2 Å². The third kappa shape index (κ3) is 2.88. The van der Waals surface area contributed by atoms with Crippen LogP contribution in [0, 0.1) is 5.92 Å². The summed E-state index contributed by atoms with van der Waals surface area (Å²) >= 11 is 6.42. The van der Waals surface area contributed by atoms with Gasteiger partial charge in [0.25, 0.3) is 0 Å². The highest BCUT2D eigenvalue weighted by molar-refractivity contribution is 6.31. The van der Waals surface area contributed by atoms with E-state index >= 15 is 0 Å². The molecule has 4 aliphatic heterocycles. The summed E-state index contributed by atoms with van der Waals surface area (Å²) < 4.78 is 10.8. The van der Waals surface area contributed by atoms with E-state index in [1.807, 2.05) is 17.0 Å². The van der Waals surface area contributed by atoms with Gasteiger partial charge in [-0.25, -0.2) is 0 Å². The minimum atomic E-state index is 0.185. The molecule has 124 valence electrons. The molecule has 1 aromatic rings. The summed E-state index contributed by atoms with van der Waals surface area (Å²) in [6.07, 6.45) is 2.36. The Morgan fingerprint density at radius 1 is 1.22 bits per heavy atom. The number of fused-ring (bicyclic) bond motifs is 5. The first-order chi connectivity index (χ1) is 11.1. The Labute approximate surface area is 141 Å². The number of nitrogens with zero attached hydrogens (tertiary/aromatic N) is 2. The van der Waals surface area contributed by atoms with Gasteiger partial charge in [-0.1, -0.05) is 11.6 Å². The monoisotopic (exact) mass is 336 g/mol. The Hall–Kier alpha value is -1.46. The van der Waals surface area contributed by atoms with Crippen molar-refractivity contribution in [1.29, 1.82) is 0 Å². The molecular weight excluding hydrogens is 316 g/mol. The lowest BCUT2D eigenvalue weighted by atomic mass is 9.94. The number of carbonyl (C=O) groups excluding carboxylic acids is 1. The predicted molar refractivity (Wildman–Crippen MR) is 86.8 cm³/mol. The van der Waals surface area contributed by atoms with Gasteiger partial charge in [-0.15, -0.1) is 0 Å². The van der Waals surface area contributed by atoms with Crippen molar-refractivity contribution in [3.05, 3.63) is 22.7 Å². The van der Waals surface area contributed by atoms with Crippen molar-refractivity contribution in [1.82, 2.24) is 9.80 Å². The molecule has 0 radical (unpaired) electrons. The zero-order valence-corrected chi connectivity index (χ0v) is 14.0. The molecule has 1 aromatic carbocycles. The molecule has 2 atom stereocenters. The van der Waals surface area contributed by atoms with Crippen LogP contribution >= 0.6 is 11.6 Å². The summed E-state index contributed by atoms with van der Waals surface area (Å²) in [4.78, 5) is 16.2. The number of hydrogen-bond acceptors (Lipinski definition) is 4. The number of piperidine rings is 1. The number of rotatable bonds is 2. The second kappa shape index (κ2) is 5.87. The lowest BCUT2D eigenvalue weighted by molar-refractivity contribution is -0.129. The van der Waals surface area contributed by atoms with E-state index < -0.39 is 0 Å². The SMILES string of the molecule is CC(=O)N1C[C@H]2CC[C@@H](C1)N(Cc1cc3c(cc1Cl)OCO3)C2. The molecule has 0 aromatic heterocycles. The zero-order chi connectivity index (χ0) is 16.0. The molecular formula is C17H21ClN2O3. The van der Waals surface area contributed by atoms with Gasteiger partial charge in [0.05, 0.1) is 0 Å². The van der Waals surface area contributed by atoms with Gasteiger partial charge < -0.3 is 14.4 Å². The normalized spacial score (nSPS) is 26.4. The van der Waals surface area contributed by atoms with Crippen LogP contribution in [0.15, 0.2) is 12.1 Å². The molecule has 1 amide bonds. The largest absolute Gasteiger partial charge is 0.454 e. The van der Waals surface area contributed by atoms with Crippen molar-refractivity contribution in [2.45, 2.75) is 32.4 Å². The summed E-state index contributed by atoms with van der Waals surface area (Å²) in [5, 5.41) is 0.720. The van der Waals surface area contributed by atoms with E-state index in [4.69, 9.17) is 21.1 Å². The van der Waals surface area contributed by atoms with Gasteiger partial charge in [0.1, 0.15) is 0 Å². The molecule has 2 bridgehead atoms. The Morgan fingerprint density at radius 3 is 2.78 bits per heavy atom.